The van der Waals surface area contributed by atoms with Crippen LogP contribution >= 0.6 is 15.9 Å². The van der Waals surface area contributed by atoms with E-state index >= 15 is 0 Å². The summed E-state index contributed by atoms with van der Waals surface area (Å²) in [6.45, 7) is 0. The fraction of sp³-hybridized carbons (Fsp3) is 0.111. The number of aromatic carboxylic acids is 1. The molecule has 1 rings (SSSR count). The molecule has 0 aromatic heterocycles. The number of carbonyl (C=O) groups is 1. The molecular weight excluding hydrogens is 291 g/mol. The zero-order valence-electron chi connectivity index (χ0n) is 7.47. The summed E-state index contributed by atoms with van der Waals surface area (Å²) < 4.78 is 37.0. The molecule has 0 aliphatic heterocycles. The average molecular weight is 294 g/mol. The molecule has 0 fully saturated rings. The van der Waals surface area contributed by atoms with E-state index in [0.29, 0.717) is 6.07 Å². The first kappa shape index (κ1) is 12.5. The molecule has 0 unspecified atom stereocenters. The SMILES string of the molecule is N#Cc1cc(C(=O)O)cc(Br)c1C(F)(F)F. The first-order valence-electron chi connectivity index (χ1n) is 3.81. The Hall–Kier alpha value is -1.55. The minimum atomic E-state index is -4.71. The van der Waals surface area contributed by atoms with E-state index in [4.69, 9.17) is 10.4 Å². The summed E-state index contributed by atoms with van der Waals surface area (Å²) in [6.07, 6.45) is -4.71. The Bertz CT molecular complexity index is 491. The van der Waals surface area contributed by atoms with Crippen LogP contribution < -0.4 is 0 Å². The molecule has 0 aliphatic carbocycles. The van der Waals surface area contributed by atoms with Crippen molar-refractivity contribution < 1.29 is 23.1 Å². The van der Waals surface area contributed by atoms with Gasteiger partial charge in [-0.05, 0) is 12.1 Å². The van der Waals surface area contributed by atoms with Gasteiger partial charge in [0.15, 0.2) is 0 Å². The van der Waals surface area contributed by atoms with Gasteiger partial charge >= 0.3 is 12.1 Å². The van der Waals surface area contributed by atoms with Crippen LogP contribution in [-0.4, -0.2) is 11.1 Å². The lowest BCUT2D eigenvalue weighted by Gasteiger charge is -2.11. The second-order valence-corrected chi connectivity index (χ2v) is 3.65. The molecule has 0 heterocycles. The molecule has 0 aliphatic rings. The molecule has 0 bridgehead atoms. The lowest BCUT2D eigenvalue weighted by molar-refractivity contribution is -0.138. The normalized spacial score (nSPS) is 10.9. The van der Waals surface area contributed by atoms with Gasteiger partial charge in [-0.2, -0.15) is 18.4 Å². The first-order valence-corrected chi connectivity index (χ1v) is 4.60. The molecule has 0 saturated carbocycles. The highest BCUT2D eigenvalue weighted by Gasteiger charge is 2.36. The van der Waals surface area contributed by atoms with E-state index in [1.165, 1.54) is 6.07 Å². The average Bonchev–Trinajstić information content (AvgIpc) is 2.14. The summed E-state index contributed by atoms with van der Waals surface area (Å²) >= 11 is 2.61. The number of nitriles is 1. The van der Waals surface area contributed by atoms with Gasteiger partial charge in [-0.25, -0.2) is 4.79 Å². The fourth-order valence-electron chi connectivity index (χ4n) is 1.11. The lowest BCUT2D eigenvalue weighted by atomic mass is 10.0. The van der Waals surface area contributed by atoms with Crippen molar-refractivity contribution in [3.63, 3.8) is 0 Å². The molecule has 1 aromatic carbocycles. The van der Waals surface area contributed by atoms with Gasteiger partial charge in [0.05, 0.1) is 22.8 Å². The minimum Gasteiger partial charge on any atom is -0.478 e. The number of rotatable bonds is 1. The van der Waals surface area contributed by atoms with Crippen molar-refractivity contribution in [3.8, 4) is 6.07 Å². The van der Waals surface area contributed by atoms with Crippen molar-refractivity contribution >= 4 is 21.9 Å². The molecule has 0 amide bonds. The van der Waals surface area contributed by atoms with Gasteiger partial charge in [-0.1, -0.05) is 15.9 Å². The molecule has 1 aromatic rings. The number of benzene rings is 1. The quantitative estimate of drug-likeness (QED) is 0.866. The maximum absolute atomic E-state index is 12.5. The molecule has 0 atom stereocenters. The lowest BCUT2D eigenvalue weighted by Crippen LogP contribution is -2.11. The summed E-state index contributed by atoms with van der Waals surface area (Å²) in [5.41, 5.74) is -2.27. The third-order valence-corrected chi connectivity index (χ3v) is 2.37. The van der Waals surface area contributed by atoms with E-state index in [2.05, 4.69) is 15.9 Å². The van der Waals surface area contributed by atoms with Crippen LogP contribution in [0.3, 0.4) is 0 Å². The zero-order chi connectivity index (χ0) is 12.5. The van der Waals surface area contributed by atoms with Crippen LogP contribution in [0, 0.1) is 11.3 Å². The zero-order valence-corrected chi connectivity index (χ0v) is 9.06. The predicted octanol–water partition coefficient (Wildman–Crippen LogP) is 3.04. The number of carboxylic acid groups (broad SMARTS) is 1. The van der Waals surface area contributed by atoms with E-state index in [9.17, 15) is 18.0 Å². The van der Waals surface area contributed by atoms with Crippen molar-refractivity contribution in [2.75, 3.05) is 0 Å². The molecule has 3 nitrogen and oxygen atoms in total. The van der Waals surface area contributed by atoms with Crippen LogP contribution in [0.25, 0.3) is 0 Å². The van der Waals surface area contributed by atoms with E-state index in [-0.39, 0.29) is 5.56 Å². The largest absolute Gasteiger partial charge is 0.478 e. The summed E-state index contributed by atoms with van der Waals surface area (Å²) in [6, 6.07) is 2.83. The Morgan fingerprint density at radius 2 is 2.00 bits per heavy atom. The van der Waals surface area contributed by atoms with Gasteiger partial charge in [-0.15, -0.1) is 0 Å². The summed E-state index contributed by atoms with van der Waals surface area (Å²) in [5, 5.41) is 17.2. The van der Waals surface area contributed by atoms with Crippen molar-refractivity contribution in [1.82, 2.24) is 0 Å². The Kier molecular flexibility index (Phi) is 3.24. The molecule has 16 heavy (non-hydrogen) atoms. The van der Waals surface area contributed by atoms with Crippen molar-refractivity contribution in [2.45, 2.75) is 6.18 Å². The third kappa shape index (κ3) is 2.33. The van der Waals surface area contributed by atoms with E-state index in [0.717, 1.165) is 6.07 Å². The van der Waals surface area contributed by atoms with Crippen LogP contribution in [0.5, 0.6) is 0 Å². The van der Waals surface area contributed by atoms with Gasteiger partial charge in [0.2, 0.25) is 0 Å². The highest BCUT2D eigenvalue weighted by Crippen LogP contribution is 2.37. The number of hydrogen-bond acceptors (Lipinski definition) is 2. The molecule has 1 N–H and O–H groups in total. The maximum Gasteiger partial charge on any atom is 0.418 e. The first-order chi connectivity index (χ1) is 7.27. The van der Waals surface area contributed by atoms with Crippen LogP contribution in [-0.2, 0) is 6.18 Å². The molecule has 7 heteroatoms. The highest BCUT2D eigenvalue weighted by molar-refractivity contribution is 9.10. The molecule has 0 saturated heterocycles. The Balaban J connectivity index is 3.55. The molecule has 84 valence electrons. The van der Waals surface area contributed by atoms with Crippen molar-refractivity contribution in [1.29, 1.82) is 5.26 Å². The Morgan fingerprint density at radius 1 is 1.44 bits per heavy atom. The second kappa shape index (κ2) is 4.14. The van der Waals surface area contributed by atoms with E-state index < -0.39 is 27.7 Å². The molecular formula is C9H3BrF3NO2. The van der Waals surface area contributed by atoms with E-state index in [1.54, 1.807) is 0 Å². The smallest absolute Gasteiger partial charge is 0.418 e. The summed E-state index contributed by atoms with van der Waals surface area (Å²) in [4.78, 5) is 10.6. The standard InChI is InChI=1S/C9H3BrF3NO2/c10-6-2-4(8(15)16)1-5(3-14)7(6)9(11,12)13/h1-2H,(H,15,16). The van der Waals surface area contributed by atoms with Crippen LogP contribution in [0.2, 0.25) is 0 Å². The van der Waals surface area contributed by atoms with Crippen LogP contribution in [0.1, 0.15) is 21.5 Å². The van der Waals surface area contributed by atoms with Gasteiger partial charge in [0.1, 0.15) is 0 Å². The number of nitrogens with zero attached hydrogens (tertiary/aromatic N) is 1. The summed E-state index contributed by atoms with van der Waals surface area (Å²) in [5.74, 6) is -1.40. The third-order valence-electron chi connectivity index (χ3n) is 1.74. The maximum atomic E-state index is 12.5. The van der Waals surface area contributed by atoms with Crippen LogP contribution in [0.15, 0.2) is 16.6 Å². The van der Waals surface area contributed by atoms with Crippen LogP contribution in [0.4, 0.5) is 13.2 Å². The topological polar surface area (TPSA) is 61.1 Å². The van der Waals surface area contributed by atoms with Gasteiger partial charge in [0, 0.05) is 4.47 Å². The molecule has 0 spiro atoms. The molecule has 0 radical (unpaired) electrons. The number of carboxylic acids is 1. The van der Waals surface area contributed by atoms with Crippen molar-refractivity contribution in [2.24, 2.45) is 0 Å². The number of halogens is 4. The Labute approximate surface area is 96.2 Å². The number of alkyl halides is 3. The second-order valence-electron chi connectivity index (χ2n) is 2.80. The predicted molar refractivity (Wildman–Crippen MR) is 50.8 cm³/mol. The Morgan fingerprint density at radius 3 is 2.38 bits per heavy atom. The van der Waals surface area contributed by atoms with Gasteiger partial charge in [-0.3, -0.25) is 0 Å². The van der Waals surface area contributed by atoms with Gasteiger partial charge < -0.3 is 5.11 Å². The van der Waals surface area contributed by atoms with Gasteiger partial charge in [0.25, 0.3) is 0 Å². The monoisotopic (exact) mass is 293 g/mol. The van der Waals surface area contributed by atoms with E-state index in [1.807, 2.05) is 0 Å². The minimum absolute atomic E-state index is 0.378. The summed E-state index contributed by atoms with van der Waals surface area (Å²) in [7, 11) is 0. The fourth-order valence-corrected chi connectivity index (χ4v) is 1.79. The highest BCUT2D eigenvalue weighted by atomic mass is 79.9. The van der Waals surface area contributed by atoms with Crippen molar-refractivity contribution in [3.05, 3.63) is 33.3 Å². The number of hydrogen-bond donors (Lipinski definition) is 1.